The molecule has 0 aromatic carbocycles. The summed E-state index contributed by atoms with van der Waals surface area (Å²) < 4.78 is 7.51. The maximum Gasteiger partial charge on any atom is 0.291 e. The van der Waals surface area contributed by atoms with E-state index in [1.165, 1.54) is 43.7 Å². The van der Waals surface area contributed by atoms with E-state index < -0.39 is 0 Å². The molecule has 0 atom stereocenters. The lowest BCUT2D eigenvalue weighted by atomic mass is 10.4. The van der Waals surface area contributed by atoms with Gasteiger partial charge in [-0.1, -0.05) is 11.8 Å². The molecule has 0 unspecified atom stereocenters. The molecule has 0 radical (unpaired) electrons. The molecule has 0 amide bonds. The number of hydrogen-bond acceptors (Lipinski definition) is 7. The second-order valence-corrected chi connectivity index (χ2v) is 8.35. The predicted octanol–water partition coefficient (Wildman–Crippen LogP) is 1.83. The first-order valence-electron chi connectivity index (χ1n) is 9.31. The van der Waals surface area contributed by atoms with Crippen LogP contribution >= 0.6 is 24.0 Å². The molecule has 2 aromatic rings. The van der Waals surface area contributed by atoms with Gasteiger partial charge in [0.05, 0.1) is 18.8 Å². The fourth-order valence-corrected chi connectivity index (χ4v) is 4.53. The summed E-state index contributed by atoms with van der Waals surface area (Å²) in [5.41, 5.74) is 0.994. The molecule has 0 saturated carbocycles. The lowest BCUT2D eigenvalue weighted by molar-refractivity contribution is -0.911. The molecule has 2 aliphatic heterocycles. The fourth-order valence-electron chi connectivity index (χ4n) is 3.55. The van der Waals surface area contributed by atoms with E-state index in [0.29, 0.717) is 16.5 Å². The van der Waals surface area contributed by atoms with Gasteiger partial charge in [-0.05, 0) is 38.0 Å². The van der Waals surface area contributed by atoms with Crippen molar-refractivity contribution < 1.29 is 9.32 Å². The molecule has 0 aliphatic carbocycles. The summed E-state index contributed by atoms with van der Waals surface area (Å²) in [4.78, 5) is 13.6. The van der Waals surface area contributed by atoms with Crippen LogP contribution in [-0.2, 0) is 12.4 Å². The van der Waals surface area contributed by atoms with Crippen molar-refractivity contribution >= 4 is 29.9 Å². The molecule has 9 heteroatoms. The number of hydrogen-bond donors (Lipinski definition) is 1. The Kier molecular flexibility index (Phi) is 5.56. The van der Waals surface area contributed by atoms with Crippen LogP contribution in [0.2, 0.25) is 0 Å². The minimum absolute atomic E-state index is 0.469. The number of likely N-dealkylation sites (tertiary alicyclic amines) is 1. The minimum Gasteiger partial charge on any atom is -0.413 e. The molecule has 0 bridgehead atoms. The highest BCUT2D eigenvalue weighted by atomic mass is 32.2. The molecule has 2 aromatic heterocycles. The van der Waals surface area contributed by atoms with Crippen molar-refractivity contribution in [2.24, 2.45) is 0 Å². The second-order valence-electron chi connectivity index (χ2n) is 7.01. The third kappa shape index (κ3) is 4.27. The van der Waals surface area contributed by atoms with Gasteiger partial charge in [0.2, 0.25) is 11.8 Å². The largest absolute Gasteiger partial charge is 0.413 e. The van der Waals surface area contributed by atoms with E-state index in [1.807, 2.05) is 17.7 Å². The number of thioether (sulfide) groups is 1. The van der Waals surface area contributed by atoms with E-state index in [1.54, 1.807) is 11.8 Å². The maximum atomic E-state index is 5.69. The first-order valence-corrected chi connectivity index (χ1v) is 10.7. The SMILES string of the molecule is Cc1cc(SCc2nn(C[NH+]3CCCC3)c(=S)o2)nc(N2CCCC2)n1. The van der Waals surface area contributed by atoms with Gasteiger partial charge < -0.3 is 14.2 Å². The van der Waals surface area contributed by atoms with E-state index in [9.17, 15) is 0 Å². The third-order valence-corrected chi connectivity index (χ3v) is 6.07. The van der Waals surface area contributed by atoms with Crippen molar-refractivity contribution in [3.63, 3.8) is 0 Å². The monoisotopic (exact) mass is 393 g/mol. The summed E-state index contributed by atoms with van der Waals surface area (Å²) in [5.74, 6) is 2.13. The van der Waals surface area contributed by atoms with Crippen molar-refractivity contribution in [2.45, 2.75) is 50.1 Å². The molecule has 140 valence electrons. The van der Waals surface area contributed by atoms with Crippen molar-refractivity contribution in [2.75, 3.05) is 31.1 Å². The molecule has 0 spiro atoms. The van der Waals surface area contributed by atoms with Crippen LogP contribution in [0, 0.1) is 11.8 Å². The molecule has 2 saturated heterocycles. The van der Waals surface area contributed by atoms with Crippen LogP contribution in [0.1, 0.15) is 37.3 Å². The van der Waals surface area contributed by atoms with Crippen molar-refractivity contribution in [3.8, 4) is 0 Å². The van der Waals surface area contributed by atoms with Crippen molar-refractivity contribution in [3.05, 3.63) is 22.5 Å². The Morgan fingerprint density at radius 2 is 1.96 bits per heavy atom. The van der Waals surface area contributed by atoms with Gasteiger partial charge >= 0.3 is 0 Å². The fraction of sp³-hybridized carbons (Fsp3) is 0.647. The number of aromatic nitrogens is 4. The van der Waals surface area contributed by atoms with Crippen LogP contribution in [0.4, 0.5) is 5.95 Å². The van der Waals surface area contributed by atoms with E-state index in [2.05, 4.69) is 15.0 Å². The van der Waals surface area contributed by atoms with Crippen LogP contribution < -0.4 is 9.80 Å². The van der Waals surface area contributed by atoms with E-state index in [4.69, 9.17) is 21.6 Å². The van der Waals surface area contributed by atoms with Gasteiger partial charge in [0, 0.05) is 31.6 Å². The van der Waals surface area contributed by atoms with Gasteiger partial charge in [0.25, 0.3) is 4.84 Å². The molecule has 2 fully saturated rings. The van der Waals surface area contributed by atoms with Crippen LogP contribution in [0.3, 0.4) is 0 Å². The number of aryl methyl sites for hydroxylation is 1. The van der Waals surface area contributed by atoms with Gasteiger partial charge in [-0.25, -0.2) is 9.97 Å². The number of nitrogens with one attached hydrogen (secondary N) is 1. The second kappa shape index (κ2) is 8.06. The Labute approximate surface area is 162 Å². The lowest BCUT2D eigenvalue weighted by Gasteiger charge is -2.16. The minimum atomic E-state index is 0.469. The van der Waals surface area contributed by atoms with Crippen molar-refractivity contribution in [1.29, 1.82) is 0 Å². The molecule has 1 N–H and O–H groups in total. The lowest BCUT2D eigenvalue weighted by Crippen LogP contribution is -3.09. The van der Waals surface area contributed by atoms with E-state index in [-0.39, 0.29) is 0 Å². The summed E-state index contributed by atoms with van der Waals surface area (Å²) in [6.45, 7) is 7.30. The average molecular weight is 394 g/mol. The highest BCUT2D eigenvalue weighted by Crippen LogP contribution is 2.24. The average Bonchev–Trinajstić information content (AvgIpc) is 3.36. The Morgan fingerprint density at radius 1 is 1.19 bits per heavy atom. The summed E-state index contributed by atoms with van der Waals surface area (Å²) in [7, 11) is 0. The first-order chi connectivity index (χ1) is 12.7. The Hall–Kier alpha value is -1.45. The molecule has 4 rings (SSSR count). The van der Waals surface area contributed by atoms with Gasteiger partial charge in [-0.3, -0.25) is 0 Å². The highest BCUT2D eigenvalue weighted by molar-refractivity contribution is 7.98. The standard InChI is InChI=1S/C17H24N6OS2/c1-13-10-15(19-16(18-13)22-8-4-5-9-22)26-11-14-20-23(17(25)24-14)12-21-6-2-3-7-21/h10H,2-9,11-12H2,1H3/p+1. The first kappa shape index (κ1) is 17.9. The topological polar surface area (TPSA) is 64.4 Å². The molecular formula is C17H25N6OS2+. The zero-order valence-electron chi connectivity index (χ0n) is 15.1. The van der Waals surface area contributed by atoms with Gasteiger partial charge in [-0.2, -0.15) is 4.68 Å². The Balaban J connectivity index is 1.41. The normalized spacial score (nSPS) is 18.1. The van der Waals surface area contributed by atoms with E-state index in [0.717, 1.165) is 36.4 Å². The summed E-state index contributed by atoms with van der Waals surface area (Å²) >= 11 is 6.96. The molecule has 7 nitrogen and oxygen atoms in total. The Morgan fingerprint density at radius 3 is 2.73 bits per heavy atom. The number of nitrogens with zero attached hydrogens (tertiary/aromatic N) is 5. The summed E-state index contributed by atoms with van der Waals surface area (Å²) in [6.07, 6.45) is 5.01. The van der Waals surface area contributed by atoms with Crippen molar-refractivity contribution in [1.82, 2.24) is 19.7 Å². The van der Waals surface area contributed by atoms with Gasteiger partial charge in [-0.15, -0.1) is 5.10 Å². The van der Waals surface area contributed by atoms with Crippen LogP contribution in [-0.4, -0.2) is 45.9 Å². The van der Waals surface area contributed by atoms with Crippen LogP contribution in [0.25, 0.3) is 0 Å². The maximum absolute atomic E-state index is 5.69. The zero-order valence-corrected chi connectivity index (χ0v) is 16.7. The summed E-state index contributed by atoms with van der Waals surface area (Å²) in [6, 6.07) is 2.02. The molecular weight excluding hydrogens is 368 g/mol. The highest BCUT2D eigenvalue weighted by Gasteiger charge is 2.19. The van der Waals surface area contributed by atoms with Crippen LogP contribution in [0.15, 0.2) is 15.5 Å². The zero-order chi connectivity index (χ0) is 17.9. The molecule has 4 heterocycles. The number of anilines is 1. The van der Waals surface area contributed by atoms with E-state index >= 15 is 0 Å². The Bertz CT molecular complexity index is 808. The smallest absolute Gasteiger partial charge is 0.291 e. The predicted molar refractivity (Wildman–Crippen MR) is 103 cm³/mol. The number of rotatable bonds is 6. The quantitative estimate of drug-likeness (QED) is 0.456. The van der Waals surface area contributed by atoms with Crippen LogP contribution in [0.5, 0.6) is 0 Å². The third-order valence-electron chi connectivity index (χ3n) is 4.88. The summed E-state index contributed by atoms with van der Waals surface area (Å²) in [5, 5.41) is 5.52. The molecule has 26 heavy (non-hydrogen) atoms. The van der Waals surface area contributed by atoms with Gasteiger partial charge in [0.1, 0.15) is 5.03 Å². The number of quaternary nitrogens is 1. The molecule has 2 aliphatic rings. The van der Waals surface area contributed by atoms with Gasteiger partial charge in [0.15, 0.2) is 6.67 Å².